The number of hydrogen-bond donors (Lipinski definition) is 1. The van der Waals surface area contributed by atoms with Gasteiger partial charge in [0.15, 0.2) is 6.04 Å². The molecule has 0 aliphatic carbocycles. The van der Waals surface area contributed by atoms with Gasteiger partial charge in [-0.1, -0.05) is 48.0 Å². The van der Waals surface area contributed by atoms with Gasteiger partial charge in [0, 0.05) is 15.6 Å². The van der Waals surface area contributed by atoms with E-state index in [0.29, 0.717) is 11.3 Å². The monoisotopic (exact) mass is 323 g/mol. The summed E-state index contributed by atoms with van der Waals surface area (Å²) in [7, 11) is 0. The maximum absolute atomic E-state index is 13.9. The van der Waals surface area contributed by atoms with Crippen LogP contribution in [-0.4, -0.2) is 4.98 Å². The Morgan fingerprint density at radius 2 is 1.95 bits per heavy atom. The number of benzene rings is 1. The molecule has 0 saturated carbocycles. The molecule has 0 bridgehead atoms. The first-order chi connectivity index (χ1) is 8.99. The van der Waals surface area contributed by atoms with Crippen LogP contribution in [0.4, 0.5) is 4.39 Å². The van der Waals surface area contributed by atoms with Crippen LogP contribution in [0.3, 0.4) is 0 Å². The van der Waals surface area contributed by atoms with Crippen molar-refractivity contribution in [2.24, 2.45) is 0 Å². The molecule has 100 valence electrons. The molecule has 0 fully saturated rings. The van der Waals surface area contributed by atoms with Crippen LogP contribution in [0.15, 0.2) is 40.9 Å². The number of aromatic nitrogens is 1. The Morgan fingerprint density at radius 1 is 1.21 bits per heavy atom. The highest BCUT2D eigenvalue weighted by Gasteiger charge is 2.17. The molecule has 1 atom stereocenters. The fourth-order valence-corrected chi connectivity index (χ4v) is 2.39. The number of halogens is 2. The van der Waals surface area contributed by atoms with Gasteiger partial charge in [0.05, 0.1) is 0 Å². The zero-order valence-corrected chi connectivity index (χ0v) is 12.6. The molecule has 19 heavy (non-hydrogen) atoms. The molecule has 0 amide bonds. The van der Waals surface area contributed by atoms with Gasteiger partial charge in [-0.15, -0.1) is 0 Å². The maximum Gasteiger partial charge on any atom is 0.216 e. The molecule has 1 aromatic carbocycles. The molecule has 2 rings (SSSR count). The van der Waals surface area contributed by atoms with Gasteiger partial charge in [-0.25, -0.2) is 4.98 Å². The van der Waals surface area contributed by atoms with Crippen LogP contribution in [0.5, 0.6) is 0 Å². The Balaban J connectivity index is 2.34. The quantitative estimate of drug-likeness (QED) is 0.863. The van der Waals surface area contributed by atoms with Crippen molar-refractivity contribution >= 4 is 15.9 Å². The SMILES string of the molecule is CC(C)c1ccc(C([NH3+])c2cccc(Br)c2)nc1F. The van der Waals surface area contributed by atoms with Gasteiger partial charge < -0.3 is 5.73 Å². The van der Waals surface area contributed by atoms with Crippen LogP contribution in [0.25, 0.3) is 0 Å². The van der Waals surface area contributed by atoms with E-state index in [1.165, 1.54) is 0 Å². The van der Waals surface area contributed by atoms with E-state index in [-0.39, 0.29) is 12.0 Å². The standard InChI is InChI=1S/C15H16BrFN2/c1-9(2)12-6-7-13(19-15(12)17)14(18)10-4-3-5-11(16)8-10/h3-9,14H,18H2,1-2H3/p+1. The molecule has 3 N–H and O–H groups in total. The largest absolute Gasteiger partial charge is 0.346 e. The van der Waals surface area contributed by atoms with Crippen molar-refractivity contribution in [1.82, 2.24) is 4.98 Å². The average molecular weight is 324 g/mol. The molecular formula is C15H17BrFN2+. The molecule has 0 saturated heterocycles. The van der Waals surface area contributed by atoms with Crippen LogP contribution in [0.2, 0.25) is 0 Å². The second kappa shape index (κ2) is 5.80. The van der Waals surface area contributed by atoms with Gasteiger partial charge in [-0.2, -0.15) is 4.39 Å². The van der Waals surface area contributed by atoms with Crippen LogP contribution >= 0.6 is 15.9 Å². The fraction of sp³-hybridized carbons (Fsp3) is 0.267. The van der Waals surface area contributed by atoms with E-state index in [1.54, 1.807) is 6.07 Å². The topological polar surface area (TPSA) is 40.5 Å². The van der Waals surface area contributed by atoms with Crippen molar-refractivity contribution in [3.05, 3.63) is 63.6 Å². The summed E-state index contributed by atoms with van der Waals surface area (Å²) in [5.41, 5.74) is 6.39. The van der Waals surface area contributed by atoms with Gasteiger partial charge in [0.1, 0.15) is 5.69 Å². The Bertz CT molecular complexity index is 584. The van der Waals surface area contributed by atoms with Crippen molar-refractivity contribution in [2.45, 2.75) is 25.8 Å². The molecule has 0 spiro atoms. The molecule has 0 radical (unpaired) electrons. The highest BCUT2D eigenvalue weighted by Crippen LogP contribution is 2.23. The predicted molar refractivity (Wildman–Crippen MR) is 77.2 cm³/mol. The van der Waals surface area contributed by atoms with E-state index in [0.717, 1.165) is 10.0 Å². The summed E-state index contributed by atoms with van der Waals surface area (Å²) in [4.78, 5) is 4.06. The number of nitrogens with zero attached hydrogens (tertiary/aromatic N) is 1. The lowest BCUT2D eigenvalue weighted by Gasteiger charge is -2.11. The van der Waals surface area contributed by atoms with E-state index in [9.17, 15) is 4.39 Å². The minimum atomic E-state index is -0.392. The predicted octanol–water partition coefficient (Wildman–Crippen LogP) is 3.44. The Morgan fingerprint density at radius 3 is 2.53 bits per heavy atom. The lowest BCUT2D eigenvalue weighted by molar-refractivity contribution is -0.412. The molecule has 1 heterocycles. The van der Waals surface area contributed by atoms with Crippen LogP contribution in [0.1, 0.15) is 42.6 Å². The molecule has 0 aliphatic heterocycles. The van der Waals surface area contributed by atoms with E-state index < -0.39 is 5.95 Å². The summed E-state index contributed by atoms with van der Waals surface area (Å²) in [5, 5.41) is 0. The summed E-state index contributed by atoms with van der Waals surface area (Å²) in [6, 6.07) is 11.3. The van der Waals surface area contributed by atoms with Crippen molar-refractivity contribution in [2.75, 3.05) is 0 Å². The minimum Gasteiger partial charge on any atom is -0.346 e. The molecular weight excluding hydrogens is 307 g/mol. The third-order valence-corrected chi connectivity index (χ3v) is 3.62. The van der Waals surface area contributed by atoms with Gasteiger partial charge in [0.2, 0.25) is 5.95 Å². The van der Waals surface area contributed by atoms with Crippen LogP contribution < -0.4 is 5.73 Å². The number of hydrogen-bond acceptors (Lipinski definition) is 1. The first-order valence-corrected chi connectivity index (χ1v) is 7.03. The van der Waals surface area contributed by atoms with Crippen molar-refractivity contribution in [3.63, 3.8) is 0 Å². The fourth-order valence-electron chi connectivity index (χ4n) is 1.98. The molecule has 2 nitrogen and oxygen atoms in total. The second-order valence-corrected chi connectivity index (χ2v) is 5.79. The molecule has 1 aromatic heterocycles. The van der Waals surface area contributed by atoms with Crippen molar-refractivity contribution in [1.29, 1.82) is 0 Å². The van der Waals surface area contributed by atoms with E-state index >= 15 is 0 Å². The first kappa shape index (κ1) is 14.2. The molecule has 2 aromatic rings. The third kappa shape index (κ3) is 3.19. The summed E-state index contributed by atoms with van der Waals surface area (Å²) in [6.45, 7) is 3.91. The second-order valence-electron chi connectivity index (χ2n) is 4.88. The van der Waals surface area contributed by atoms with Crippen molar-refractivity contribution < 1.29 is 10.1 Å². The minimum absolute atomic E-state index is 0.135. The summed E-state index contributed by atoms with van der Waals surface area (Å²) in [6.07, 6.45) is 0. The highest BCUT2D eigenvalue weighted by atomic mass is 79.9. The molecule has 0 aliphatic rings. The van der Waals surface area contributed by atoms with E-state index in [4.69, 9.17) is 0 Å². The van der Waals surface area contributed by atoms with E-state index in [1.807, 2.05) is 44.2 Å². The Kier molecular flexibility index (Phi) is 4.32. The van der Waals surface area contributed by atoms with Gasteiger partial charge in [-0.3, -0.25) is 0 Å². The maximum atomic E-state index is 13.9. The molecule has 1 unspecified atom stereocenters. The van der Waals surface area contributed by atoms with Gasteiger partial charge in [-0.05, 0) is 24.1 Å². The van der Waals surface area contributed by atoms with Gasteiger partial charge >= 0.3 is 0 Å². The van der Waals surface area contributed by atoms with E-state index in [2.05, 4.69) is 26.6 Å². The average Bonchev–Trinajstić information content (AvgIpc) is 2.37. The van der Waals surface area contributed by atoms with Gasteiger partial charge in [0.25, 0.3) is 0 Å². The van der Waals surface area contributed by atoms with Crippen molar-refractivity contribution in [3.8, 4) is 0 Å². The lowest BCUT2D eigenvalue weighted by Crippen LogP contribution is -2.54. The zero-order valence-electron chi connectivity index (χ0n) is 11.0. The Labute approximate surface area is 121 Å². The number of rotatable bonds is 3. The highest BCUT2D eigenvalue weighted by molar-refractivity contribution is 9.10. The van der Waals surface area contributed by atoms with Crippen LogP contribution in [0, 0.1) is 5.95 Å². The zero-order chi connectivity index (χ0) is 14.0. The lowest BCUT2D eigenvalue weighted by atomic mass is 10.0. The number of pyridine rings is 1. The Hall–Kier alpha value is -1.26. The molecule has 4 heteroatoms. The third-order valence-electron chi connectivity index (χ3n) is 3.13. The smallest absolute Gasteiger partial charge is 0.216 e. The first-order valence-electron chi connectivity index (χ1n) is 6.24. The normalized spacial score (nSPS) is 12.7. The van der Waals surface area contributed by atoms with Crippen LogP contribution in [-0.2, 0) is 0 Å². The number of quaternary nitrogens is 1. The summed E-state index contributed by atoms with van der Waals surface area (Å²) in [5.74, 6) is -0.258. The summed E-state index contributed by atoms with van der Waals surface area (Å²) < 4.78 is 14.9. The summed E-state index contributed by atoms with van der Waals surface area (Å²) >= 11 is 3.43.